The van der Waals surface area contributed by atoms with Gasteiger partial charge in [0, 0.05) is 16.9 Å². The van der Waals surface area contributed by atoms with Gasteiger partial charge in [0.2, 0.25) is 0 Å². The van der Waals surface area contributed by atoms with Gasteiger partial charge in [-0.15, -0.1) is 0 Å². The van der Waals surface area contributed by atoms with Crippen LogP contribution in [0.1, 0.15) is 59.3 Å². The largest absolute Gasteiger partial charge is 0.393 e. The zero-order valence-electron chi connectivity index (χ0n) is 16.1. The summed E-state index contributed by atoms with van der Waals surface area (Å²) < 4.78 is 0. The van der Waals surface area contributed by atoms with Gasteiger partial charge >= 0.3 is 0 Å². The summed E-state index contributed by atoms with van der Waals surface area (Å²) in [7, 11) is 0. The molecule has 7 atom stereocenters. The molecule has 0 heterocycles. The van der Waals surface area contributed by atoms with E-state index in [1.165, 1.54) is 5.57 Å². The fraction of sp³-hybridized carbons (Fsp3) is 0.773. The number of hydrogen-bond acceptors (Lipinski definition) is 3. The molecule has 26 heavy (non-hydrogen) atoms. The van der Waals surface area contributed by atoms with Crippen LogP contribution in [0.3, 0.4) is 0 Å². The van der Waals surface area contributed by atoms with E-state index in [2.05, 4.69) is 20.8 Å². The number of aliphatic hydroxyl groups excluding tert-OH is 1. The molecule has 4 heteroatoms. The molecule has 0 unspecified atom stereocenters. The number of rotatable bonds is 1. The predicted octanol–water partition coefficient (Wildman–Crippen LogP) is 4.22. The van der Waals surface area contributed by atoms with Crippen LogP contribution in [0, 0.1) is 34.5 Å². The van der Waals surface area contributed by atoms with Gasteiger partial charge in [-0.1, -0.05) is 44.0 Å². The molecule has 0 radical (unpaired) electrons. The van der Waals surface area contributed by atoms with Crippen LogP contribution in [-0.4, -0.2) is 28.2 Å². The Balaban J connectivity index is 1.78. The van der Waals surface area contributed by atoms with Crippen LogP contribution in [0.15, 0.2) is 22.8 Å². The van der Waals surface area contributed by atoms with Gasteiger partial charge in [0.05, 0.1) is 6.61 Å². The minimum absolute atomic E-state index is 0.106. The molecule has 0 aromatic rings. The Morgan fingerprint density at radius 3 is 2.69 bits per heavy atom. The lowest BCUT2D eigenvalue weighted by Crippen LogP contribution is -2.63. The highest BCUT2D eigenvalue weighted by Gasteiger charge is 2.63. The summed E-state index contributed by atoms with van der Waals surface area (Å²) >= 11 is 6.40. The molecule has 2 fully saturated rings. The lowest BCUT2D eigenvalue weighted by molar-refractivity contribution is -0.174. The van der Waals surface area contributed by atoms with Crippen molar-refractivity contribution in [1.29, 1.82) is 0 Å². The molecule has 3 nitrogen and oxygen atoms in total. The summed E-state index contributed by atoms with van der Waals surface area (Å²) in [6, 6.07) is 0. The first-order valence-electron chi connectivity index (χ1n) is 10.1. The summed E-state index contributed by atoms with van der Waals surface area (Å²) in [5.41, 5.74) is -0.269. The van der Waals surface area contributed by atoms with Crippen molar-refractivity contribution in [3.8, 4) is 0 Å². The number of aliphatic hydroxyl groups is 2. The first kappa shape index (κ1) is 18.7. The van der Waals surface area contributed by atoms with Crippen molar-refractivity contribution in [3.63, 3.8) is 0 Å². The normalized spacial score (nSPS) is 50.9. The molecule has 0 amide bonds. The van der Waals surface area contributed by atoms with Crippen LogP contribution < -0.4 is 0 Å². The zero-order chi connectivity index (χ0) is 18.9. The predicted molar refractivity (Wildman–Crippen MR) is 103 cm³/mol. The third-order valence-corrected chi connectivity index (χ3v) is 9.29. The van der Waals surface area contributed by atoms with Crippen molar-refractivity contribution in [2.75, 3.05) is 6.61 Å². The Labute approximate surface area is 161 Å². The second kappa shape index (κ2) is 5.93. The van der Waals surface area contributed by atoms with E-state index in [0.29, 0.717) is 35.1 Å². The highest BCUT2D eigenvalue weighted by molar-refractivity contribution is 6.30. The zero-order valence-corrected chi connectivity index (χ0v) is 16.9. The van der Waals surface area contributed by atoms with Crippen molar-refractivity contribution in [2.45, 2.75) is 64.9 Å². The molecular formula is C22H31ClO3. The molecule has 0 saturated heterocycles. The smallest absolute Gasteiger partial charge is 0.155 e. The van der Waals surface area contributed by atoms with Crippen molar-refractivity contribution in [2.24, 2.45) is 34.5 Å². The number of ketones is 1. The quantitative estimate of drug-likeness (QED) is 0.718. The molecule has 0 aromatic carbocycles. The van der Waals surface area contributed by atoms with Crippen LogP contribution in [-0.2, 0) is 4.79 Å². The van der Waals surface area contributed by atoms with Gasteiger partial charge in [-0.05, 0) is 67.3 Å². The number of fused-ring (bicyclic) bond motifs is 5. The average molecular weight is 379 g/mol. The molecule has 144 valence electrons. The topological polar surface area (TPSA) is 57.5 Å². The van der Waals surface area contributed by atoms with Crippen molar-refractivity contribution < 1.29 is 15.0 Å². The number of carbonyl (C=O) groups is 1. The molecule has 4 rings (SSSR count). The van der Waals surface area contributed by atoms with Gasteiger partial charge in [0.15, 0.2) is 5.78 Å². The fourth-order valence-electron chi connectivity index (χ4n) is 7.11. The van der Waals surface area contributed by atoms with Gasteiger partial charge in [0.1, 0.15) is 5.60 Å². The minimum Gasteiger partial charge on any atom is -0.393 e. The molecule has 0 spiro atoms. The molecule has 2 saturated carbocycles. The van der Waals surface area contributed by atoms with E-state index in [0.717, 1.165) is 32.1 Å². The van der Waals surface area contributed by atoms with E-state index in [9.17, 15) is 15.0 Å². The lowest BCUT2D eigenvalue weighted by Gasteiger charge is -2.64. The Morgan fingerprint density at radius 1 is 1.27 bits per heavy atom. The second-order valence-corrected chi connectivity index (χ2v) is 10.2. The molecule has 2 N–H and O–H groups in total. The third kappa shape index (κ3) is 2.23. The van der Waals surface area contributed by atoms with E-state index in [4.69, 9.17) is 11.6 Å². The third-order valence-electron chi connectivity index (χ3n) is 8.82. The van der Waals surface area contributed by atoms with E-state index < -0.39 is 11.0 Å². The summed E-state index contributed by atoms with van der Waals surface area (Å²) in [5, 5.41) is 21.7. The average Bonchev–Trinajstić information content (AvgIpc) is 2.60. The first-order valence-corrected chi connectivity index (χ1v) is 10.5. The Morgan fingerprint density at radius 2 is 2.00 bits per heavy atom. The van der Waals surface area contributed by atoms with Gasteiger partial charge in [0.25, 0.3) is 0 Å². The van der Waals surface area contributed by atoms with Crippen LogP contribution in [0.5, 0.6) is 0 Å². The Bertz CT molecular complexity index is 698. The number of allylic oxidation sites excluding steroid dienone is 3. The van der Waals surface area contributed by atoms with Crippen LogP contribution in [0.4, 0.5) is 0 Å². The Hall–Kier alpha value is -0.640. The van der Waals surface area contributed by atoms with Gasteiger partial charge in [-0.3, -0.25) is 4.79 Å². The molecule has 4 aliphatic carbocycles. The van der Waals surface area contributed by atoms with Crippen molar-refractivity contribution >= 4 is 17.4 Å². The highest BCUT2D eigenvalue weighted by atomic mass is 35.5. The second-order valence-electron chi connectivity index (χ2n) is 9.79. The van der Waals surface area contributed by atoms with Gasteiger partial charge in [-0.25, -0.2) is 0 Å². The molecule has 0 bridgehead atoms. The summed E-state index contributed by atoms with van der Waals surface area (Å²) in [4.78, 5) is 12.0. The monoisotopic (exact) mass is 378 g/mol. The summed E-state index contributed by atoms with van der Waals surface area (Å²) in [6.07, 6.45) is 9.23. The van der Waals surface area contributed by atoms with E-state index >= 15 is 0 Å². The van der Waals surface area contributed by atoms with E-state index in [1.807, 2.05) is 12.2 Å². The summed E-state index contributed by atoms with van der Waals surface area (Å²) in [5.74, 6) is 2.10. The Kier molecular flexibility index (Phi) is 4.26. The van der Waals surface area contributed by atoms with Crippen LogP contribution in [0.25, 0.3) is 0 Å². The molecular weight excluding hydrogens is 348 g/mol. The standard InChI is InChI=1S/C22H31ClO3/c1-13-10-14-11-15(25)6-8-20(14,2)16-7-9-21(3)17(19(13)16)4-5-18(23)22(21,26)12-24/h5,11,13,16-17,19,24,26H,4,6-10,12H2,1-3H3/t13-,16+,17+,19-,20+,21+,22+/m1/s1. The van der Waals surface area contributed by atoms with Crippen molar-refractivity contribution in [3.05, 3.63) is 22.8 Å². The first-order chi connectivity index (χ1) is 12.2. The molecule has 0 aliphatic heterocycles. The van der Waals surface area contributed by atoms with Crippen LogP contribution >= 0.6 is 11.6 Å². The SMILES string of the molecule is C[C@@H]1CC2=CC(=O)CC[C@]2(C)[C@H]2CC[C@@]3(C)[C@@H](CC=C(Cl)[C@@]3(O)CO)[C@H]12. The lowest BCUT2D eigenvalue weighted by atomic mass is 9.41. The number of halogens is 1. The number of carbonyl (C=O) groups excluding carboxylic acids is 1. The van der Waals surface area contributed by atoms with Crippen molar-refractivity contribution in [1.82, 2.24) is 0 Å². The van der Waals surface area contributed by atoms with Crippen LogP contribution in [0.2, 0.25) is 0 Å². The minimum atomic E-state index is -1.33. The molecule has 0 aromatic heterocycles. The highest BCUT2D eigenvalue weighted by Crippen LogP contribution is 2.67. The van der Waals surface area contributed by atoms with E-state index in [-0.39, 0.29) is 17.8 Å². The maximum atomic E-state index is 12.0. The fourth-order valence-corrected chi connectivity index (χ4v) is 7.47. The van der Waals surface area contributed by atoms with Gasteiger partial charge < -0.3 is 10.2 Å². The van der Waals surface area contributed by atoms with E-state index in [1.54, 1.807) is 0 Å². The molecule has 4 aliphatic rings. The summed E-state index contributed by atoms with van der Waals surface area (Å²) in [6.45, 7) is 6.48. The van der Waals surface area contributed by atoms with Gasteiger partial charge in [-0.2, -0.15) is 0 Å². The maximum absolute atomic E-state index is 12.0. The maximum Gasteiger partial charge on any atom is 0.155 e. The number of hydrogen-bond donors (Lipinski definition) is 2.